The van der Waals surface area contributed by atoms with Crippen molar-refractivity contribution in [1.82, 2.24) is 9.80 Å². The number of nitrogens with one attached hydrogen (secondary N) is 1. The van der Waals surface area contributed by atoms with Gasteiger partial charge in [0.15, 0.2) is 5.92 Å². The summed E-state index contributed by atoms with van der Waals surface area (Å²) in [5.41, 5.74) is 1.70. The van der Waals surface area contributed by atoms with Crippen molar-refractivity contribution in [3.8, 4) is 0 Å². The number of allylic oxidation sites excluding steroid dienone is 1. The molecule has 2 rings (SSSR count). The summed E-state index contributed by atoms with van der Waals surface area (Å²) in [5.74, 6) is -0.234. The number of amides is 3. The number of imide groups is 1. The summed E-state index contributed by atoms with van der Waals surface area (Å²) in [6, 6.07) is -0.344. The molecule has 1 saturated heterocycles. The van der Waals surface area contributed by atoms with Crippen LogP contribution >= 0.6 is 0 Å². The lowest BCUT2D eigenvalue weighted by Gasteiger charge is -2.32. The molecule has 1 fully saturated rings. The van der Waals surface area contributed by atoms with E-state index in [1.165, 1.54) is 11.9 Å². The summed E-state index contributed by atoms with van der Waals surface area (Å²) in [6.45, 7) is 2.99. The summed E-state index contributed by atoms with van der Waals surface area (Å²) >= 11 is 0. The van der Waals surface area contributed by atoms with Crippen LogP contribution in [0.5, 0.6) is 0 Å². The lowest BCUT2D eigenvalue weighted by atomic mass is 9.89. The zero-order valence-corrected chi connectivity index (χ0v) is 12.8. The number of nitrogens with zero attached hydrogens (tertiary/aromatic N) is 3. The van der Waals surface area contributed by atoms with E-state index in [2.05, 4.69) is 9.98 Å². The fourth-order valence-corrected chi connectivity index (χ4v) is 2.51. The third-order valence-corrected chi connectivity index (χ3v) is 3.74. The molecule has 0 spiro atoms. The van der Waals surface area contributed by atoms with Gasteiger partial charge in [-0.1, -0.05) is 6.92 Å². The predicted octanol–water partition coefficient (Wildman–Crippen LogP) is -1.000. The van der Waals surface area contributed by atoms with E-state index >= 15 is 0 Å². The molecular weight excluding hydrogens is 272 g/mol. The van der Waals surface area contributed by atoms with Gasteiger partial charge in [-0.25, -0.2) is 14.7 Å². The molecule has 1 unspecified atom stereocenters. The van der Waals surface area contributed by atoms with Crippen molar-refractivity contribution in [2.45, 2.75) is 13.3 Å². The molecule has 21 heavy (non-hydrogen) atoms. The van der Waals surface area contributed by atoms with Crippen LogP contribution in [0.4, 0.5) is 4.79 Å². The Hall–Kier alpha value is -2.02. The van der Waals surface area contributed by atoms with Crippen LogP contribution in [0.25, 0.3) is 0 Å². The molecule has 3 amide bonds. The average molecular weight is 293 g/mol. The summed E-state index contributed by atoms with van der Waals surface area (Å²) in [5, 5.41) is 0. The molecule has 1 N–H and O–H groups in total. The van der Waals surface area contributed by atoms with Gasteiger partial charge in [0.2, 0.25) is 0 Å². The van der Waals surface area contributed by atoms with Crippen LogP contribution < -0.4 is 4.99 Å². The fourth-order valence-electron chi connectivity index (χ4n) is 2.51. The molecule has 2 aliphatic heterocycles. The molecule has 0 radical (unpaired) electrons. The average Bonchev–Trinajstić information content (AvgIpc) is 2.50. The fraction of sp³-hybridized carbons (Fsp3) is 0.571. The van der Waals surface area contributed by atoms with Gasteiger partial charge in [-0.15, -0.1) is 0 Å². The van der Waals surface area contributed by atoms with Crippen LogP contribution in [-0.4, -0.2) is 67.6 Å². The van der Waals surface area contributed by atoms with Crippen molar-refractivity contribution in [1.29, 1.82) is 0 Å². The molecule has 1 atom stereocenters. The van der Waals surface area contributed by atoms with Crippen LogP contribution in [-0.2, 0) is 9.53 Å². The van der Waals surface area contributed by atoms with E-state index in [4.69, 9.17) is 4.74 Å². The minimum Gasteiger partial charge on any atom is -0.383 e. The molecule has 7 nitrogen and oxygen atoms in total. The predicted molar refractivity (Wildman–Crippen MR) is 77.9 cm³/mol. The van der Waals surface area contributed by atoms with Crippen molar-refractivity contribution in [2.24, 2.45) is 10.9 Å². The van der Waals surface area contributed by atoms with Crippen molar-refractivity contribution in [3.63, 3.8) is 0 Å². The van der Waals surface area contributed by atoms with E-state index < -0.39 is 5.92 Å². The molecule has 0 bridgehead atoms. The molecule has 0 aliphatic carbocycles. The molecule has 2 aliphatic rings. The van der Waals surface area contributed by atoms with E-state index in [1.807, 2.05) is 13.1 Å². The monoisotopic (exact) mass is 293 g/mol. The van der Waals surface area contributed by atoms with E-state index in [9.17, 15) is 9.59 Å². The third-order valence-electron chi connectivity index (χ3n) is 3.74. The Balaban J connectivity index is 2.44. The first-order valence-corrected chi connectivity index (χ1v) is 6.94. The highest BCUT2D eigenvalue weighted by Gasteiger charge is 2.50. The Labute approximate surface area is 124 Å². The maximum Gasteiger partial charge on any atom is 0.417 e. The second kappa shape index (κ2) is 6.17. The Morgan fingerprint density at radius 2 is 2.05 bits per heavy atom. The first-order chi connectivity index (χ1) is 10.0. The first-order valence-electron chi connectivity index (χ1n) is 6.94. The first kappa shape index (κ1) is 15.4. The van der Waals surface area contributed by atoms with Gasteiger partial charge in [0.1, 0.15) is 0 Å². The normalized spacial score (nSPS) is 24.2. The number of carbonyl (C=O) groups is 2. The lowest BCUT2D eigenvalue weighted by Crippen LogP contribution is -2.80. The summed E-state index contributed by atoms with van der Waals surface area (Å²) < 4.78 is 5.02. The van der Waals surface area contributed by atoms with E-state index in [1.54, 1.807) is 14.2 Å². The Morgan fingerprint density at radius 1 is 1.33 bits per heavy atom. The number of urea groups is 1. The molecule has 114 valence electrons. The van der Waals surface area contributed by atoms with Crippen LogP contribution in [0, 0.1) is 5.92 Å². The number of ether oxygens (including phenoxy) is 1. The van der Waals surface area contributed by atoms with E-state index in [-0.39, 0.29) is 11.9 Å². The standard InChI is InChI=1S/C14H20N4O3/c1-5-9-8-16-12-10(11(9)15-6-7-21-4)13(19)18(3)14(20)17(12)2/h8,10H,5-7H2,1-4H3/p+1. The van der Waals surface area contributed by atoms with Gasteiger partial charge in [-0.2, -0.15) is 4.90 Å². The van der Waals surface area contributed by atoms with Crippen molar-refractivity contribution in [3.05, 3.63) is 11.8 Å². The number of rotatable bonds is 4. The Morgan fingerprint density at radius 3 is 2.67 bits per heavy atom. The molecule has 0 aromatic heterocycles. The van der Waals surface area contributed by atoms with Gasteiger partial charge in [-0.3, -0.25) is 9.79 Å². The molecule has 0 saturated carbocycles. The smallest absolute Gasteiger partial charge is 0.383 e. The van der Waals surface area contributed by atoms with Crippen molar-refractivity contribution in [2.75, 3.05) is 34.4 Å². The third kappa shape index (κ3) is 2.61. The molecule has 2 heterocycles. The summed E-state index contributed by atoms with van der Waals surface area (Å²) in [6.07, 6.45) is 2.58. The number of methoxy groups -OCH3 is 1. The minimum atomic E-state index is -0.547. The van der Waals surface area contributed by atoms with Gasteiger partial charge < -0.3 is 4.74 Å². The number of aliphatic imine (C=N–C) groups is 1. The lowest BCUT2D eigenvalue weighted by molar-refractivity contribution is -0.383. The zero-order valence-electron chi connectivity index (χ0n) is 12.8. The van der Waals surface area contributed by atoms with Gasteiger partial charge >= 0.3 is 6.03 Å². The maximum absolute atomic E-state index is 12.5. The number of amidine groups is 1. The second-order valence-corrected chi connectivity index (χ2v) is 4.98. The summed E-state index contributed by atoms with van der Waals surface area (Å²) in [7, 11) is 4.76. The molecule has 0 aromatic rings. The molecule has 0 aromatic carbocycles. The number of hydrogen-bond donors (Lipinski definition) is 1. The quantitative estimate of drug-likeness (QED) is 0.676. The van der Waals surface area contributed by atoms with Crippen LogP contribution in [0.1, 0.15) is 13.3 Å². The number of carbonyl (C=O) groups excluding carboxylic acids is 2. The highest BCUT2D eigenvalue weighted by atomic mass is 16.5. The highest BCUT2D eigenvalue weighted by molar-refractivity contribution is 6.31. The number of hydrogen-bond acceptors (Lipinski definition) is 4. The minimum absolute atomic E-state index is 0.254. The largest absolute Gasteiger partial charge is 0.417 e. The SMILES string of the molecule is CCC1=C[NH+]=C2C(C(=O)N(C)C(=O)N2C)C1=NCCOC. The van der Waals surface area contributed by atoms with Crippen molar-refractivity contribution < 1.29 is 19.3 Å². The van der Waals surface area contributed by atoms with Gasteiger partial charge in [0, 0.05) is 19.7 Å². The maximum atomic E-state index is 12.5. The molecular formula is C14H21N4O3+. The summed E-state index contributed by atoms with van der Waals surface area (Å²) in [4.78, 5) is 34.7. The van der Waals surface area contributed by atoms with Crippen LogP contribution in [0.2, 0.25) is 0 Å². The Kier molecular flexibility index (Phi) is 4.52. The zero-order chi connectivity index (χ0) is 15.6. The van der Waals surface area contributed by atoms with Crippen LogP contribution in [0.15, 0.2) is 16.8 Å². The van der Waals surface area contributed by atoms with Gasteiger partial charge in [0.25, 0.3) is 11.7 Å². The number of fused-ring (bicyclic) bond motifs is 1. The topological polar surface area (TPSA) is 76.2 Å². The Bertz CT molecular complexity index is 550. The van der Waals surface area contributed by atoms with Crippen LogP contribution in [0.3, 0.4) is 0 Å². The van der Waals surface area contributed by atoms with Gasteiger partial charge in [-0.05, 0) is 6.42 Å². The van der Waals surface area contributed by atoms with E-state index in [0.717, 1.165) is 22.6 Å². The second-order valence-electron chi connectivity index (χ2n) is 4.98. The molecule has 7 heteroatoms. The van der Waals surface area contributed by atoms with Gasteiger partial charge in [0.05, 0.1) is 32.1 Å². The highest BCUT2D eigenvalue weighted by Crippen LogP contribution is 2.22. The van der Waals surface area contributed by atoms with Crippen molar-refractivity contribution >= 4 is 23.5 Å². The van der Waals surface area contributed by atoms with E-state index in [0.29, 0.717) is 19.0 Å².